The number of rotatable bonds is 4. The highest BCUT2D eigenvalue weighted by Gasteiger charge is 2.06. The second-order valence-corrected chi connectivity index (χ2v) is 4.34. The molecule has 0 saturated carbocycles. The molecule has 0 unspecified atom stereocenters. The number of hydrogen-bond donors (Lipinski definition) is 2. The average molecular weight is 260 g/mol. The Morgan fingerprint density at radius 1 is 1.21 bits per heavy atom. The maximum Gasteiger partial charge on any atom is 0.224 e. The van der Waals surface area contributed by atoms with E-state index in [2.05, 4.69) is 20.6 Å². The van der Waals surface area contributed by atoms with Crippen molar-refractivity contribution >= 4 is 17.5 Å². The fourth-order valence-electron chi connectivity index (χ4n) is 1.67. The molecule has 0 amide bonds. The number of halogens is 1. The van der Waals surface area contributed by atoms with Gasteiger partial charge in [0.1, 0.15) is 11.6 Å². The molecule has 100 valence electrons. The van der Waals surface area contributed by atoms with Gasteiger partial charge in [0.2, 0.25) is 5.95 Å². The topological polar surface area (TPSA) is 49.8 Å². The van der Waals surface area contributed by atoms with E-state index in [-0.39, 0.29) is 5.82 Å². The van der Waals surface area contributed by atoms with E-state index in [1.54, 1.807) is 12.3 Å². The molecule has 0 aliphatic heterocycles. The molecule has 0 fully saturated rings. The van der Waals surface area contributed by atoms with Gasteiger partial charge in [0.05, 0.1) is 0 Å². The molecule has 2 N–H and O–H groups in total. The molecule has 1 heterocycles. The molecule has 0 bridgehead atoms. The van der Waals surface area contributed by atoms with Crippen molar-refractivity contribution in [2.75, 3.05) is 17.2 Å². The summed E-state index contributed by atoms with van der Waals surface area (Å²) in [6.07, 6.45) is 1.74. The molecule has 5 heteroatoms. The molecule has 0 radical (unpaired) electrons. The van der Waals surface area contributed by atoms with Crippen molar-refractivity contribution in [2.45, 2.75) is 20.8 Å². The molecule has 0 spiro atoms. The van der Waals surface area contributed by atoms with Crippen LogP contribution in [0.3, 0.4) is 0 Å². The van der Waals surface area contributed by atoms with E-state index >= 15 is 0 Å². The summed E-state index contributed by atoms with van der Waals surface area (Å²) in [6.45, 7) is 6.56. The van der Waals surface area contributed by atoms with Crippen molar-refractivity contribution < 1.29 is 4.39 Å². The number of nitrogens with one attached hydrogen (secondary N) is 2. The van der Waals surface area contributed by atoms with Crippen LogP contribution in [-0.2, 0) is 0 Å². The van der Waals surface area contributed by atoms with Crippen molar-refractivity contribution in [3.8, 4) is 0 Å². The summed E-state index contributed by atoms with van der Waals surface area (Å²) in [5, 5.41) is 6.20. The second kappa shape index (κ2) is 5.65. The molecule has 1 aromatic carbocycles. The van der Waals surface area contributed by atoms with E-state index < -0.39 is 0 Å². The molecular weight excluding hydrogens is 243 g/mol. The molecule has 0 aliphatic carbocycles. The molecule has 0 aliphatic rings. The van der Waals surface area contributed by atoms with Crippen LogP contribution in [0.25, 0.3) is 0 Å². The Hall–Kier alpha value is -2.17. The third-order valence-electron chi connectivity index (χ3n) is 2.76. The molecule has 2 rings (SSSR count). The molecule has 19 heavy (non-hydrogen) atoms. The first kappa shape index (κ1) is 13.3. The minimum Gasteiger partial charge on any atom is -0.354 e. The van der Waals surface area contributed by atoms with Crippen LogP contribution in [0.2, 0.25) is 0 Å². The van der Waals surface area contributed by atoms with Gasteiger partial charge in [-0.2, -0.15) is 4.98 Å². The van der Waals surface area contributed by atoms with Crippen LogP contribution in [0.1, 0.15) is 18.1 Å². The maximum atomic E-state index is 13.3. The van der Waals surface area contributed by atoms with Crippen LogP contribution >= 0.6 is 0 Å². The average Bonchev–Trinajstić information content (AvgIpc) is 2.38. The molecular formula is C14H17FN4. The van der Waals surface area contributed by atoms with E-state index in [9.17, 15) is 4.39 Å². The zero-order valence-electron chi connectivity index (χ0n) is 11.3. The highest BCUT2D eigenvalue weighted by Crippen LogP contribution is 2.22. The first-order valence-electron chi connectivity index (χ1n) is 6.21. The lowest BCUT2D eigenvalue weighted by atomic mass is 10.2. The lowest BCUT2D eigenvalue weighted by molar-refractivity contribution is 0.628. The summed E-state index contributed by atoms with van der Waals surface area (Å²) in [7, 11) is 0. The van der Waals surface area contributed by atoms with Crippen LogP contribution in [0, 0.1) is 19.7 Å². The Labute approximate surface area is 112 Å². The Balaban J connectivity index is 2.31. The number of aromatic nitrogens is 2. The predicted molar refractivity (Wildman–Crippen MR) is 75.4 cm³/mol. The maximum absolute atomic E-state index is 13.3. The van der Waals surface area contributed by atoms with E-state index in [1.807, 2.05) is 20.8 Å². The van der Waals surface area contributed by atoms with Crippen molar-refractivity contribution in [2.24, 2.45) is 0 Å². The van der Waals surface area contributed by atoms with Gasteiger partial charge in [-0.05, 0) is 38.5 Å². The van der Waals surface area contributed by atoms with Gasteiger partial charge in [0.25, 0.3) is 0 Å². The molecule has 4 nitrogen and oxygen atoms in total. The van der Waals surface area contributed by atoms with Gasteiger partial charge in [-0.15, -0.1) is 0 Å². The number of nitrogens with zero attached hydrogens (tertiary/aromatic N) is 2. The van der Waals surface area contributed by atoms with Gasteiger partial charge >= 0.3 is 0 Å². The third kappa shape index (κ3) is 3.19. The van der Waals surface area contributed by atoms with Crippen LogP contribution < -0.4 is 10.6 Å². The van der Waals surface area contributed by atoms with E-state index in [4.69, 9.17) is 0 Å². The number of benzene rings is 1. The molecule has 1 aromatic heterocycles. The number of hydrogen-bond acceptors (Lipinski definition) is 4. The van der Waals surface area contributed by atoms with Crippen molar-refractivity contribution in [1.82, 2.24) is 9.97 Å². The van der Waals surface area contributed by atoms with Gasteiger partial charge < -0.3 is 10.6 Å². The minimum absolute atomic E-state index is 0.272. The normalized spacial score (nSPS) is 10.3. The van der Waals surface area contributed by atoms with Crippen molar-refractivity contribution in [3.05, 3.63) is 41.3 Å². The molecule has 0 atom stereocenters. The van der Waals surface area contributed by atoms with Crippen LogP contribution in [0.5, 0.6) is 0 Å². The fraction of sp³-hybridized carbons (Fsp3) is 0.286. The Morgan fingerprint density at radius 2 is 2.00 bits per heavy atom. The van der Waals surface area contributed by atoms with E-state index in [1.165, 1.54) is 12.1 Å². The summed E-state index contributed by atoms with van der Waals surface area (Å²) < 4.78 is 13.3. The summed E-state index contributed by atoms with van der Waals surface area (Å²) in [6, 6.07) is 4.64. The van der Waals surface area contributed by atoms with Gasteiger partial charge in [-0.25, -0.2) is 9.37 Å². The zero-order chi connectivity index (χ0) is 13.8. The zero-order valence-corrected chi connectivity index (χ0v) is 11.3. The van der Waals surface area contributed by atoms with Gasteiger partial charge in [-0.1, -0.05) is 6.07 Å². The highest BCUT2D eigenvalue weighted by molar-refractivity contribution is 5.63. The number of aryl methyl sites for hydroxylation is 2. The Morgan fingerprint density at radius 3 is 2.74 bits per heavy atom. The van der Waals surface area contributed by atoms with Crippen LogP contribution in [-0.4, -0.2) is 16.5 Å². The van der Waals surface area contributed by atoms with Gasteiger partial charge in [-0.3, -0.25) is 0 Å². The largest absolute Gasteiger partial charge is 0.354 e. The van der Waals surface area contributed by atoms with Gasteiger partial charge in [0.15, 0.2) is 0 Å². The molecule has 0 saturated heterocycles. The fourth-order valence-corrected chi connectivity index (χ4v) is 1.67. The first-order chi connectivity index (χ1) is 9.10. The van der Waals surface area contributed by atoms with Crippen molar-refractivity contribution in [3.63, 3.8) is 0 Å². The first-order valence-corrected chi connectivity index (χ1v) is 6.21. The summed E-state index contributed by atoms with van der Waals surface area (Å²) >= 11 is 0. The SMILES string of the molecule is CCNc1ncc(C)c(Nc2cc(F)ccc2C)n1. The lowest BCUT2D eigenvalue weighted by Gasteiger charge is -2.12. The summed E-state index contributed by atoms with van der Waals surface area (Å²) in [4.78, 5) is 8.55. The van der Waals surface area contributed by atoms with E-state index in [0.717, 1.165) is 17.7 Å². The van der Waals surface area contributed by atoms with Gasteiger partial charge in [0, 0.05) is 24.0 Å². The lowest BCUT2D eigenvalue weighted by Crippen LogP contribution is -2.06. The minimum atomic E-state index is -0.272. The Kier molecular flexibility index (Phi) is 3.94. The summed E-state index contributed by atoms with van der Waals surface area (Å²) in [5.41, 5.74) is 2.58. The predicted octanol–water partition coefficient (Wildman–Crippen LogP) is 3.41. The smallest absolute Gasteiger partial charge is 0.224 e. The highest BCUT2D eigenvalue weighted by atomic mass is 19.1. The monoisotopic (exact) mass is 260 g/mol. The van der Waals surface area contributed by atoms with Crippen molar-refractivity contribution in [1.29, 1.82) is 0 Å². The Bertz CT molecular complexity index is 584. The summed E-state index contributed by atoms with van der Waals surface area (Å²) in [5.74, 6) is 0.969. The van der Waals surface area contributed by atoms with Crippen LogP contribution in [0.15, 0.2) is 24.4 Å². The second-order valence-electron chi connectivity index (χ2n) is 4.34. The third-order valence-corrected chi connectivity index (χ3v) is 2.76. The van der Waals surface area contributed by atoms with E-state index in [0.29, 0.717) is 17.5 Å². The molecule has 2 aromatic rings. The van der Waals surface area contributed by atoms with Crippen LogP contribution in [0.4, 0.5) is 21.8 Å². The quantitative estimate of drug-likeness (QED) is 0.884. The standard InChI is InChI=1S/C14H17FN4/c1-4-16-14-17-8-10(3)13(19-14)18-12-7-11(15)6-5-9(12)2/h5-8H,4H2,1-3H3,(H2,16,17,18,19). The number of anilines is 3.